The van der Waals surface area contributed by atoms with E-state index in [4.69, 9.17) is 21.1 Å². The van der Waals surface area contributed by atoms with E-state index in [-0.39, 0.29) is 34.6 Å². The first-order valence-electron chi connectivity index (χ1n) is 14.2. The van der Waals surface area contributed by atoms with Gasteiger partial charge in [0.25, 0.3) is 0 Å². The van der Waals surface area contributed by atoms with Crippen LogP contribution in [0.25, 0.3) is 22.3 Å². The van der Waals surface area contributed by atoms with Gasteiger partial charge in [-0.3, -0.25) is 9.59 Å². The first kappa shape index (κ1) is 30.9. The number of methoxy groups -OCH3 is 2. The SMILES string of the molecule is COC(=O)Cc1ccc2c(c1)NC(=O)C(C)CCCC(c1cc(OC)c(-c3c(F)ccc(Cl)c3F)c[n+]1[O-])c1cccc-2c1. The summed E-state index contributed by atoms with van der Waals surface area (Å²) >= 11 is 5.93. The number of carbonyl (C=O) groups excluding carboxylic acids is 2. The Bertz CT molecular complexity index is 1750. The predicted octanol–water partition coefficient (Wildman–Crippen LogP) is 7.20. The zero-order valence-electron chi connectivity index (χ0n) is 24.5. The molecule has 7 nitrogen and oxygen atoms in total. The minimum atomic E-state index is -0.989. The van der Waals surface area contributed by atoms with Gasteiger partial charge in [0.05, 0.1) is 48.8 Å². The lowest BCUT2D eigenvalue weighted by molar-refractivity contribution is -0.614. The van der Waals surface area contributed by atoms with Crippen LogP contribution in [0.15, 0.2) is 66.9 Å². The van der Waals surface area contributed by atoms with Gasteiger partial charge in [0, 0.05) is 17.2 Å². The molecule has 4 aromatic rings. The van der Waals surface area contributed by atoms with Crippen molar-refractivity contribution in [3.8, 4) is 28.0 Å². The number of rotatable bonds is 5. The number of nitrogens with one attached hydrogen (secondary N) is 1. The summed E-state index contributed by atoms with van der Waals surface area (Å²) in [6, 6.07) is 16.7. The van der Waals surface area contributed by atoms with Crippen LogP contribution in [0.4, 0.5) is 14.5 Å². The van der Waals surface area contributed by atoms with Crippen molar-refractivity contribution in [1.29, 1.82) is 0 Å². The van der Waals surface area contributed by atoms with Gasteiger partial charge in [-0.25, -0.2) is 8.78 Å². The fourth-order valence-corrected chi connectivity index (χ4v) is 5.79. The molecule has 0 radical (unpaired) electrons. The number of esters is 1. The number of halogens is 3. The smallest absolute Gasteiger partial charge is 0.309 e. The first-order valence-corrected chi connectivity index (χ1v) is 14.5. The van der Waals surface area contributed by atoms with Gasteiger partial charge in [0.15, 0.2) is 12.0 Å². The molecule has 2 unspecified atom stereocenters. The molecule has 2 heterocycles. The molecule has 1 amide bonds. The third-order valence-electron chi connectivity index (χ3n) is 8.03. The normalized spacial score (nSPS) is 16.6. The van der Waals surface area contributed by atoms with E-state index in [1.165, 1.54) is 20.3 Å². The van der Waals surface area contributed by atoms with Gasteiger partial charge in [-0.15, -0.1) is 0 Å². The average molecular weight is 621 g/mol. The summed E-state index contributed by atoms with van der Waals surface area (Å²) in [5, 5.41) is 16.4. The summed E-state index contributed by atoms with van der Waals surface area (Å²) in [5.74, 6) is -3.07. The van der Waals surface area contributed by atoms with E-state index in [2.05, 4.69) is 5.32 Å². The zero-order chi connectivity index (χ0) is 31.5. The zero-order valence-corrected chi connectivity index (χ0v) is 25.2. The highest BCUT2D eigenvalue weighted by Gasteiger charge is 2.29. The van der Waals surface area contributed by atoms with E-state index >= 15 is 0 Å². The maximum atomic E-state index is 14.9. The summed E-state index contributed by atoms with van der Waals surface area (Å²) in [6.45, 7) is 1.84. The fraction of sp³-hybridized carbons (Fsp3) is 0.265. The van der Waals surface area contributed by atoms with E-state index in [0.29, 0.717) is 40.9 Å². The second-order valence-electron chi connectivity index (χ2n) is 10.9. The topological polar surface area (TPSA) is 91.6 Å². The Morgan fingerprint density at radius 2 is 1.86 bits per heavy atom. The lowest BCUT2D eigenvalue weighted by atomic mass is 9.86. The molecule has 0 saturated heterocycles. The summed E-state index contributed by atoms with van der Waals surface area (Å²) < 4.78 is 40.7. The molecule has 0 aliphatic carbocycles. The molecule has 2 bridgehead atoms. The van der Waals surface area contributed by atoms with Crippen LogP contribution in [0.3, 0.4) is 0 Å². The highest BCUT2D eigenvalue weighted by Crippen LogP contribution is 2.40. The van der Waals surface area contributed by atoms with Crippen LogP contribution in [0.2, 0.25) is 5.02 Å². The second-order valence-corrected chi connectivity index (χ2v) is 11.3. The Kier molecular flexibility index (Phi) is 9.15. The van der Waals surface area contributed by atoms with Gasteiger partial charge < -0.3 is 20.0 Å². The monoisotopic (exact) mass is 620 g/mol. The van der Waals surface area contributed by atoms with Crippen molar-refractivity contribution in [3.05, 3.63) is 106 Å². The molecule has 1 aliphatic heterocycles. The molecule has 1 aliphatic rings. The maximum Gasteiger partial charge on any atom is 0.309 e. The first-order chi connectivity index (χ1) is 21.1. The van der Waals surface area contributed by atoms with Crippen LogP contribution < -0.4 is 14.8 Å². The molecule has 3 aromatic carbocycles. The van der Waals surface area contributed by atoms with Gasteiger partial charge in [-0.2, -0.15) is 4.73 Å². The minimum absolute atomic E-state index is 0.0572. The largest absolute Gasteiger partial charge is 0.618 e. The number of benzene rings is 3. The average Bonchev–Trinajstić information content (AvgIpc) is 3.01. The maximum absolute atomic E-state index is 14.9. The molecule has 2 atom stereocenters. The Balaban J connectivity index is 1.64. The van der Waals surface area contributed by atoms with Gasteiger partial charge in [-0.05, 0) is 47.7 Å². The number of hydrogen-bond acceptors (Lipinski definition) is 5. The molecule has 5 rings (SSSR count). The van der Waals surface area contributed by atoms with Gasteiger partial charge in [0.1, 0.15) is 11.6 Å². The number of aromatic nitrogens is 1. The number of hydrogen-bond donors (Lipinski definition) is 1. The number of anilines is 1. The molecule has 228 valence electrons. The summed E-state index contributed by atoms with van der Waals surface area (Å²) in [6.07, 6.45) is 2.85. The lowest BCUT2D eigenvalue weighted by Gasteiger charge is -2.22. The molecule has 1 N–H and O–H groups in total. The van der Waals surface area contributed by atoms with Crippen molar-refractivity contribution in [1.82, 2.24) is 0 Å². The van der Waals surface area contributed by atoms with Crippen LogP contribution in [0, 0.1) is 22.8 Å². The highest BCUT2D eigenvalue weighted by molar-refractivity contribution is 6.31. The number of ether oxygens (including phenoxy) is 2. The number of amides is 1. The van der Waals surface area contributed by atoms with Crippen LogP contribution in [-0.2, 0) is 20.7 Å². The van der Waals surface area contributed by atoms with Gasteiger partial charge in [-0.1, -0.05) is 61.3 Å². The fourth-order valence-electron chi connectivity index (χ4n) is 5.63. The molecule has 1 aromatic heterocycles. The molecule has 0 fully saturated rings. The predicted molar refractivity (Wildman–Crippen MR) is 163 cm³/mol. The Labute approximate surface area is 259 Å². The van der Waals surface area contributed by atoms with Crippen molar-refractivity contribution in [2.45, 2.75) is 38.5 Å². The minimum Gasteiger partial charge on any atom is -0.618 e. The van der Waals surface area contributed by atoms with Crippen molar-refractivity contribution >= 4 is 29.2 Å². The summed E-state index contributed by atoms with van der Waals surface area (Å²) in [5.41, 5.74) is 3.45. The number of pyridine rings is 1. The number of fused-ring (bicyclic) bond motifs is 4. The van der Waals surface area contributed by atoms with Crippen LogP contribution in [0.1, 0.15) is 48.9 Å². The third kappa shape index (κ3) is 6.24. The van der Waals surface area contributed by atoms with Crippen LogP contribution >= 0.6 is 11.6 Å². The van der Waals surface area contributed by atoms with E-state index < -0.39 is 29.1 Å². The van der Waals surface area contributed by atoms with Crippen LogP contribution in [-0.4, -0.2) is 26.1 Å². The molecule has 10 heteroatoms. The molecular weight excluding hydrogens is 590 g/mol. The Morgan fingerprint density at radius 1 is 1.07 bits per heavy atom. The Hall–Kier alpha value is -4.50. The summed E-state index contributed by atoms with van der Waals surface area (Å²) in [7, 11) is 2.69. The molecular formula is C34H31ClF2N2O5. The van der Waals surface area contributed by atoms with Gasteiger partial charge in [0.2, 0.25) is 11.6 Å². The molecule has 0 spiro atoms. The number of carbonyl (C=O) groups is 2. The molecule has 0 saturated carbocycles. The van der Waals surface area contributed by atoms with Crippen molar-refractivity contribution < 1.29 is 32.6 Å². The highest BCUT2D eigenvalue weighted by atomic mass is 35.5. The van der Waals surface area contributed by atoms with Crippen molar-refractivity contribution in [2.24, 2.45) is 5.92 Å². The van der Waals surface area contributed by atoms with Crippen molar-refractivity contribution in [2.75, 3.05) is 19.5 Å². The van der Waals surface area contributed by atoms with E-state index in [1.807, 2.05) is 43.3 Å². The molecule has 44 heavy (non-hydrogen) atoms. The van der Waals surface area contributed by atoms with E-state index in [9.17, 15) is 23.6 Å². The summed E-state index contributed by atoms with van der Waals surface area (Å²) in [4.78, 5) is 25.1. The third-order valence-corrected chi connectivity index (χ3v) is 8.32. The van der Waals surface area contributed by atoms with Crippen LogP contribution in [0.5, 0.6) is 5.75 Å². The standard InChI is InChI=1S/C34H31ClF2N2O5/c1-19-6-4-9-24(29-17-30(43-2)25(18-39(29)42)32-27(36)13-12-26(35)33(32)37)22-8-5-7-21(16-22)23-11-10-20(15-31(40)44-3)14-28(23)38-34(19)41/h5,7-8,10-14,16-19,24H,4,6,9,15H2,1-3H3,(H,38,41). The number of nitrogens with zero attached hydrogens (tertiary/aromatic N) is 1. The van der Waals surface area contributed by atoms with Gasteiger partial charge >= 0.3 is 5.97 Å². The van der Waals surface area contributed by atoms with E-state index in [1.54, 1.807) is 6.07 Å². The van der Waals surface area contributed by atoms with Crippen molar-refractivity contribution in [3.63, 3.8) is 0 Å². The lowest BCUT2D eigenvalue weighted by Crippen LogP contribution is -2.34. The van der Waals surface area contributed by atoms with E-state index in [0.717, 1.165) is 35.0 Å². The quantitative estimate of drug-likeness (QED) is 0.110. The second kappa shape index (κ2) is 13.0. The Morgan fingerprint density at radius 3 is 2.61 bits per heavy atom.